The van der Waals surface area contributed by atoms with Crippen LogP contribution in [0.5, 0.6) is 23.0 Å². The number of carboxylic acids is 1. The summed E-state index contributed by atoms with van der Waals surface area (Å²) in [5.74, 6) is -2.85. The van der Waals surface area contributed by atoms with Gasteiger partial charge in [-0.2, -0.15) is 4.98 Å². The molecular formula is C30H39FN7O9P. The minimum Gasteiger partial charge on any atom is -0.493 e. The second kappa shape index (κ2) is 13.8. The fourth-order valence-corrected chi connectivity index (χ4v) is 7.26. The van der Waals surface area contributed by atoms with E-state index in [0.717, 1.165) is 10.9 Å². The first-order chi connectivity index (χ1) is 22.5. The second-order valence-corrected chi connectivity index (χ2v) is 14.0. The Morgan fingerprint density at radius 1 is 1.15 bits per heavy atom. The van der Waals surface area contributed by atoms with Crippen LogP contribution in [0.15, 0.2) is 30.5 Å². The number of anilines is 5. The summed E-state index contributed by atoms with van der Waals surface area (Å²) in [6, 6.07) is 5.94. The maximum atomic E-state index is 15.3. The van der Waals surface area contributed by atoms with E-state index in [0.29, 0.717) is 5.75 Å². The summed E-state index contributed by atoms with van der Waals surface area (Å²) >= 11 is 0. The molecule has 1 amide bonds. The zero-order chi connectivity index (χ0) is 35.6. The molecule has 2 unspecified atom stereocenters. The van der Waals surface area contributed by atoms with Crippen LogP contribution >= 0.6 is 7.44 Å². The van der Waals surface area contributed by atoms with Crippen molar-refractivity contribution in [1.29, 1.82) is 0 Å². The van der Waals surface area contributed by atoms with Crippen LogP contribution in [0.3, 0.4) is 0 Å². The first-order valence-electron chi connectivity index (χ1n) is 14.6. The molecule has 0 bridgehead atoms. The Hall–Kier alpha value is -4.73. The van der Waals surface area contributed by atoms with Crippen LogP contribution in [0.25, 0.3) is 0 Å². The SMILES string of the molecule is COCP(=O)(NC(C)(C(=O)O)C(C)C)N(c1cc(OC)c(OC)c(OC)c1)c1ncc(F)c(Nc2ccc3c(n2)NC(=O)C(C)(C)O3)n1. The quantitative estimate of drug-likeness (QED) is 0.166. The van der Waals surface area contributed by atoms with Crippen molar-refractivity contribution >= 4 is 48.4 Å². The van der Waals surface area contributed by atoms with Gasteiger partial charge in [0.15, 0.2) is 40.3 Å². The number of hydrogen-bond donors (Lipinski definition) is 4. The number of fused-ring (bicyclic) bond motifs is 1. The molecule has 2 atom stereocenters. The number of rotatable bonds is 14. The number of carbonyl (C=O) groups excluding carboxylic acids is 1. The van der Waals surface area contributed by atoms with Crippen molar-refractivity contribution in [2.45, 2.75) is 45.8 Å². The first kappa shape index (κ1) is 36.1. The molecule has 18 heteroatoms. The molecule has 3 heterocycles. The largest absolute Gasteiger partial charge is 0.493 e. The van der Waals surface area contributed by atoms with Crippen LogP contribution < -0.4 is 39.3 Å². The molecule has 3 aromatic rings. The van der Waals surface area contributed by atoms with E-state index in [9.17, 15) is 14.7 Å². The lowest BCUT2D eigenvalue weighted by atomic mass is 9.90. The Labute approximate surface area is 276 Å². The van der Waals surface area contributed by atoms with Crippen LogP contribution in [-0.2, 0) is 18.9 Å². The smallest absolute Gasteiger partial charge is 0.324 e. The Kier molecular flexibility index (Phi) is 10.4. The van der Waals surface area contributed by atoms with Gasteiger partial charge in [0, 0.05) is 19.2 Å². The number of nitrogens with one attached hydrogen (secondary N) is 3. The standard InChI is InChI=1S/C30H39FN7O9P/c1-16(2)30(5,27(40)41)37-48(42,15-43-6)38(17-12-20(44-7)23(46-9)21(13-17)45-8)28-32-14-18(31)24(36-28)33-22-11-10-19-25(34-22)35-26(39)29(3,4)47-19/h10-14,16H,15H2,1-9H3,(H,37,42)(H,40,41)(H2,32,33,34,35,36,39). The highest BCUT2D eigenvalue weighted by Gasteiger charge is 2.47. The summed E-state index contributed by atoms with van der Waals surface area (Å²) < 4.78 is 59.1. The van der Waals surface area contributed by atoms with Crippen molar-refractivity contribution in [2.75, 3.05) is 50.1 Å². The molecule has 1 aliphatic rings. The molecule has 260 valence electrons. The van der Waals surface area contributed by atoms with Gasteiger partial charge in [0.05, 0.1) is 33.2 Å². The highest BCUT2D eigenvalue weighted by Crippen LogP contribution is 2.56. The molecule has 1 aromatic carbocycles. The molecule has 0 spiro atoms. The van der Waals surface area contributed by atoms with E-state index in [4.69, 9.17) is 23.7 Å². The number of carbonyl (C=O) groups is 2. The number of hydrogen-bond acceptors (Lipinski definition) is 12. The van der Waals surface area contributed by atoms with Gasteiger partial charge >= 0.3 is 5.97 Å². The van der Waals surface area contributed by atoms with Crippen LogP contribution in [-0.4, -0.2) is 77.9 Å². The molecule has 0 aliphatic carbocycles. The Morgan fingerprint density at radius 3 is 2.33 bits per heavy atom. The van der Waals surface area contributed by atoms with Gasteiger partial charge in [0.2, 0.25) is 11.7 Å². The van der Waals surface area contributed by atoms with Gasteiger partial charge in [-0.3, -0.25) is 14.2 Å². The molecule has 16 nitrogen and oxygen atoms in total. The highest BCUT2D eigenvalue weighted by atomic mass is 31.2. The first-order valence-corrected chi connectivity index (χ1v) is 16.4. The number of benzene rings is 1. The van der Waals surface area contributed by atoms with Crippen molar-refractivity contribution in [3.8, 4) is 23.0 Å². The number of ether oxygens (including phenoxy) is 5. The van der Waals surface area contributed by atoms with E-state index in [2.05, 4.69) is 30.7 Å². The average molecular weight is 692 g/mol. The van der Waals surface area contributed by atoms with Crippen molar-refractivity contribution in [3.63, 3.8) is 0 Å². The monoisotopic (exact) mass is 691 g/mol. The Bertz CT molecular complexity index is 1730. The summed E-state index contributed by atoms with van der Waals surface area (Å²) in [6.07, 6.45) is 0.308. The molecule has 0 saturated carbocycles. The summed E-state index contributed by atoms with van der Waals surface area (Å²) in [5, 5.41) is 18.5. The number of pyridine rings is 1. The van der Waals surface area contributed by atoms with Crippen molar-refractivity contribution in [2.24, 2.45) is 5.92 Å². The zero-order valence-electron chi connectivity index (χ0n) is 28.0. The van der Waals surface area contributed by atoms with E-state index in [1.54, 1.807) is 33.8 Å². The third-order valence-electron chi connectivity index (χ3n) is 7.70. The normalized spacial score (nSPS) is 16.0. The molecule has 48 heavy (non-hydrogen) atoms. The Morgan fingerprint density at radius 2 is 1.79 bits per heavy atom. The lowest BCUT2D eigenvalue weighted by molar-refractivity contribution is -0.145. The number of methoxy groups -OCH3 is 4. The van der Waals surface area contributed by atoms with Gasteiger partial charge in [-0.1, -0.05) is 13.8 Å². The lowest BCUT2D eigenvalue weighted by Crippen LogP contribution is -2.54. The van der Waals surface area contributed by atoms with Gasteiger partial charge < -0.3 is 39.4 Å². The summed E-state index contributed by atoms with van der Waals surface area (Å²) in [4.78, 5) is 37.8. The lowest BCUT2D eigenvalue weighted by Gasteiger charge is -2.39. The molecule has 0 saturated heterocycles. The summed E-state index contributed by atoms with van der Waals surface area (Å²) in [5.41, 5.74) is -2.77. The van der Waals surface area contributed by atoms with E-state index >= 15 is 8.96 Å². The number of nitrogens with zero attached hydrogens (tertiary/aromatic N) is 4. The molecule has 4 rings (SSSR count). The number of carboxylic acid groups (broad SMARTS) is 1. The zero-order valence-corrected chi connectivity index (χ0v) is 28.9. The fraction of sp³-hybridized carbons (Fsp3) is 0.433. The van der Waals surface area contributed by atoms with Gasteiger partial charge in [-0.05, 0) is 38.8 Å². The molecular weight excluding hydrogens is 652 g/mol. The molecule has 1 aliphatic heterocycles. The third kappa shape index (κ3) is 6.93. The molecule has 4 N–H and O–H groups in total. The predicted octanol–water partition coefficient (Wildman–Crippen LogP) is 4.91. The second-order valence-electron chi connectivity index (χ2n) is 11.7. The van der Waals surface area contributed by atoms with Crippen LogP contribution in [0.1, 0.15) is 34.6 Å². The van der Waals surface area contributed by atoms with Gasteiger partial charge in [0.1, 0.15) is 17.7 Å². The van der Waals surface area contributed by atoms with E-state index < -0.39 is 48.5 Å². The van der Waals surface area contributed by atoms with Gasteiger partial charge in [0.25, 0.3) is 13.4 Å². The van der Waals surface area contributed by atoms with E-state index in [1.165, 1.54) is 53.6 Å². The van der Waals surface area contributed by atoms with Crippen LogP contribution in [0, 0.1) is 11.7 Å². The van der Waals surface area contributed by atoms with Crippen molar-refractivity contribution in [3.05, 3.63) is 36.3 Å². The van der Waals surface area contributed by atoms with E-state index in [1.807, 2.05) is 0 Å². The Balaban J connectivity index is 1.91. The van der Waals surface area contributed by atoms with Gasteiger partial charge in [-0.25, -0.2) is 24.1 Å². The highest BCUT2D eigenvalue weighted by molar-refractivity contribution is 7.63. The minimum atomic E-state index is -4.27. The van der Waals surface area contributed by atoms with Crippen molar-refractivity contribution in [1.82, 2.24) is 20.0 Å². The van der Waals surface area contributed by atoms with Crippen molar-refractivity contribution < 1.29 is 47.3 Å². The van der Waals surface area contributed by atoms with Gasteiger partial charge in [-0.15, -0.1) is 0 Å². The number of halogens is 1. The number of aliphatic carboxylic acids is 1. The summed E-state index contributed by atoms with van der Waals surface area (Å²) in [7, 11) is 1.20. The molecule has 0 radical (unpaired) electrons. The maximum absolute atomic E-state index is 15.3. The van der Waals surface area contributed by atoms with Crippen LogP contribution in [0.4, 0.5) is 33.5 Å². The minimum absolute atomic E-state index is 0.0803. The predicted molar refractivity (Wildman–Crippen MR) is 175 cm³/mol. The fourth-order valence-electron chi connectivity index (χ4n) is 4.67. The molecule has 2 aromatic heterocycles. The average Bonchev–Trinajstić information content (AvgIpc) is 3.02. The summed E-state index contributed by atoms with van der Waals surface area (Å²) in [6.45, 7) is 7.90. The number of amides is 1. The third-order valence-corrected chi connectivity index (χ3v) is 10.2. The van der Waals surface area contributed by atoms with E-state index in [-0.39, 0.29) is 46.3 Å². The molecule has 0 fully saturated rings. The topological polar surface area (TPSA) is 196 Å². The van der Waals surface area contributed by atoms with Crippen LogP contribution in [0.2, 0.25) is 0 Å². The number of aromatic nitrogens is 3. The maximum Gasteiger partial charge on any atom is 0.324 e.